The van der Waals surface area contributed by atoms with Gasteiger partial charge in [-0.15, -0.1) is 0 Å². The molecule has 4 rings (SSSR count). The molecule has 2 aliphatic rings. The van der Waals surface area contributed by atoms with Crippen LogP contribution in [0.25, 0.3) is 0 Å². The van der Waals surface area contributed by atoms with Gasteiger partial charge in [0.25, 0.3) is 0 Å². The molecule has 0 amide bonds. The van der Waals surface area contributed by atoms with Gasteiger partial charge in [0.15, 0.2) is 11.5 Å². The van der Waals surface area contributed by atoms with E-state index in [0.29, 0.717) is 0 Å². The Labute approximate surface area is 169 Å². The normalized spacial score (nSPS) is 15.6. The van der Waals surface area contributed by atoms with Gasteiger partial charge >= 0.3 is 0 Å². The zero-order valence-electron chi connectivity index (χ0n) is 15.0. The SMILES string of the molecule is COc1ccc(C(=S)N2CCN(C(=S)c3ccc4c(c3)OCO4)CC2)cc1. The maximum Gasteiger partial charge on any atom is 0.231 e. The van der Waals surface area contributed by atoms with Crippen LogP contribution in [0.5, 0.6) is 17.2 Å². The Morgan fingerprint density at radius 2 is 1.37 bits per heavy atom. The van der Waals surface area contributed by atoms with E-state index < -0.39 is 0 Å². The van der Waals surface area contributed by atoms with Crippen molar-refractivity contribution in [3.05, 3.63) is 53.6 Å². The molecule has 0 aliphatic carbocycles. The molecular weight excluding hydrogens is 380 g/mol. The summed E-state index contributed by atoms with van der Waals surface area (Å²) >= 11 is 11.4. The first-order valence-corrected chi connectivity index (χ1v) is 9.59. The Kier molecular flexibility index (Phi) is 5.13. The molecule has 2 aromatic rings. The first kappa shape index (κ1) is 18.0. The molecule has 0 atom stereocenters. The molecule has 0 radical (unpaired) electrons. The molecule has 1 saturated heterocycles. The summed E-state index contributed by atoms with van der Waals surface area (Å²) in [6.07, 6.45) is 0. The standard InChI is InChI=1S/C20H20N2O3S2/c1-23-16-5-2-14(3-6-16)19(26)21-8-10-22(11-9-21)20(27)15-4-7-17-18(12-15)25-13-24-17/h2-7,12H,8-11,13H2,1H3. The number of hydrogen-bond donors (Lipinski definition) is 0. The Balaban J connectivity index is 1.38. The number of nitrogens with zero attached hydrogens (tertiary/aromatic N) is 2. The fraction of sp³-hybridized carbons (Fsp3) is 0.300. The van der Waals surface area contributed by atoms with Gasteiger partial charge in [0.05, 0.1) is 7.11 Å². The summed E-state index contributed by atoms with van der Waals surface area (Å²) in [5, 5.41) is 0. The molecule has 27 heavy (non-hydrogen) atoms. The first-order chi connectivity index (χ1) is 13.2. The third kappa shape index (κ3) is 3.70. The number of rotatable bonds is 3. The topological polar surface area (TPSA) is 34.2 Å². The second-order valence-electron chi connectivity index (χ2n) is 6.38. The lowest BCUT2D eigenvalue weighted by atomic mass is 10.1. The van der Waals surface area contributed by atoms with E-state index in [-0.39, 0.29) is 6.79 Å². The number of methoxy groups -OCH3 is 1. The minimum Gasteiger partial charge on any atom is -0.497 e. The maximum atomic E-state index is 5.70. The highest BCUT2D eigenvalue weighted by Gasteiger charge is 2.23. The molecule has 5 nitrogen and oxygen atoms in total. The van der Waals surface area contributed by atoms with Gasteiger partial charge < -0.3 is 24.0 Å². The molecule has 1 fully saturated rings. The molecule has 0 saturated carbocycles. The van der Waals surface area contributed by atoms with Crippen molar-refractivity contribution in [2.45, 2.75) is 0 Å². The van der Waals surface area contributed by atoms with Crippen LogP contribution >= 0.6 is 24.4 Å². The summed E-state index contributed by atoms with van der Waals surface area (Å²) in [6.45, 7) is 3.63. The maximum absolute atomic E-state index is 5.70. The molecule has 2 aliphatic heterocycles. The Morgan fingerprint density at radius 3 is 2.00 bits per heavy atom. The Morgan fingerprint density at radius 1 is 0.815 bits per heavy atom. The van der Waals surface area contributed by atoms with Gasteiger partial charge in [0, 0.05) is 37.3 Å². The van der Waals surface area contributed by atoms with E-state index in [4.69, 9.17) is 38.6 Å². The Bertz CT molecular complexity index is 862. The molecule has 0 N–H and O–H groups in total. The summed E-state index contributed by atoms with van der Waals surface area (Å²) in [5.74, 6) is 2.37. The predicted octanol–water partition coefficient (Wildman–Crippen LogP) is 3.09. The third-order valence-electron chi connectivity index (χ3n) is 4.81. The van der Waals surface area contributed by atoms with E-state index >= 15 is 0 Å². The van der Waals surface area contributed by atoms with Crippen LogP contribution in [0.2, 0.25) is 0 Å². The highest BCUT2D eigenvalue weighted by atomic mass is 32.1. The van der Waals surface area contributed by atoms with Gasteiger partial charge in [-0.25, -0.2) is 0 Å². The van der Waals surface area contributed by atoms with Crippen molar-refractivity contribution in [2.24, 2.45) is 0 Å². The molecular formula is C20H20N2O3S2. The van der Waals surface area contributed by atoms with E-state index in [1.54, 1.807) is 7.11 Å². The van der Waals surface area contributed by atoms with E-state index in [1.165, 1.54) is 0 Å². The molecule has 2 aromatic carbocycles. The van der Waals surface area contributed by atoms with E-state index in [2.05, 4.69) is 9.80 Å². The highest BCUT2D eigenvalue weighted by molar-refractivity contribution is 7.81. The predicted molar refractivity (Wildman–Crippen MR) is 112 cm³/mol. The molecule has 0 unspecified atom stereocenters. The summed E-state index contributed by atoms with van der Waals surface area (Å²) in [4.78, 5) is 6.16. The highest BCUT2D eigenvalue weighted by Crippen LogP contribution is 2.33. The number of hydrogen-bond acceptors (Lipinski definition) is 5. The minimum atomic E-state index is 0.271. The number of ether oxygens (including phenoxy) is 3. The fourth-order valence-corrected chi connectivity index (χ4v) is 3.87. The molecule has 140 valence electrons. The van der Waals surface area contributed by atoms with Crippen molar-refractivity contribution in [3.63, 3.8) is 0 Å². The summed E-state index contributed by atoms with van der Waals surface area (Å²) < 4.78 is 16.0. The number of thiocarbonyl (C=S) groups is 2. The van der Waals surface area contributed by atoms with Crippen LogP contribution in [0.1, 0.15) is 11.1 Å². The van der Waals surface area contributed by atoms with Crippen LogP contribution in [0.3, 0.4) is 0 Å². The van der Waals surface area contributed by atoms with Gasteiger partial charge in [-0.1, -0.05) is 24.4 Å². The zero-order chi connectivity index (χ0) is 18.8. The van der Waals surface area contributed by atoms with Crippen molar-refractivity contribution in [2.75, 3.05) is 40.1 Å². The molecule has 0 spiro atoms. The smallest absolute Gasteiger partial charge is 0.231 e. The van der Waals surface area contributed by atoms with Gasteiger partial charge in [0.1, 0.15) is 15.7 Å². The molecule has 0 aromatic heterocycles. The zero-order valence-corrected chi connectivity index (χ0v) is 16.6. The van der Waals surface area contributed by atoms with Gasteiger partial charge in [-0.05, 0) is 42.5 Å². The average molecular weight is 401 g/mol. The quantitative estimate of drug-likeness (QED) is 0.733. The Hall–Kier alpha value is -2.38. The van der Waals surface area contributed by atoms with E-state index in [9.17, 15) is 0 Å². The molecule has 2 heterocycles. The van der Waals surface area contributed by atoms with Crippen molar-refractivity contribution in [1.29, 1.82) is 0 Å². The van der Waals surface area contributed by atoms with Crippen LogP contribution in [0, 0.1) is 0 Å². The number of piperazine rings is 1. The lowest BCUT2D eigenvalue weighted by Crippen LogP contribution is -2.50. The van der Waals surface area contributed by atoms with Crippen molar-refractivity contribution in [3.8, 4) is 17.2 Å². The van der Waals surface area contributed by atoms with E-state index in [0.717, 1.165) is 64.5 Å². The first-order valence-electron chi connectivity index (χ1n) is 8.78. The molecule has 0 bridgehead atoms. The second-order valence-corrected chi connectivity index (χ2v) is 7.15. The summed E-state index contributed by atoms with van der Waals surface area (Å²) in [5.41, 5.74) is 2.03. The molecule has 7 heteroatoms. The fourth-order valence-electron chi connectivity index (χ4n) is 3.24. The third-order valence-corrected chi connectivity index (χ3v) is 5.80. The van der Waals surface area contributed by atoms with Crippen LogP contribution < -0.4 is 14.2 Å². The summed E-state index contributed by atoms with van der Waals surface area (Å²) in [7, 11) is 1.66. The van der Waals surface area contributed by atoms with Crippen molar-refractivity contribution in [1.82, 2.24) is 9.80 Å². The van der Waals surface area contributed by atoms with Crippen molar-refractivity contribution >= 4 is 34.4 Å². The lowest BCUT2D eigenvalue weighted by Gasteiger charge is -2.37. The second kappa shape index (κ2) is 7.70. The van der Waals surface area contributed by atoms with Gasteiger partial charge in [0.2, 0.25) is 6.79 Å². The number of benzene rings is 2. The van der Waals surface area contributed by atoms with Crippen LogP contribution in [-0.2, 0) is 0 Å². The monoisotopic (exact) mass is 400 g/mol. The van der Waals surface area contributed by atoms with Gasteiger partial charge in [-0.2, -0.15) is 0 Å². The van der Waals surface area contributed by atoms with Crippen LogP contribution in [0.15, 0.2) is 42.5 Å². The average Bonchev–Trinajstić information content (AvgIpc) is 3.21. The van der Waals surface area contributed by atoms with Crippen LogP contribution in [0.4, 0.5) is 0 Å². The van der Waals surface area contributed by atoms with Crippen LogP contribution in [-0.4, -0.2) is 59.9 Å². The number of fused-ring (bicyclic) bond motifs is 1. The van der Waals surface area contributed by atoms with E-state index in [1.807, 2.05) is 42.5 Å². The minimum absolute atomic E-state index is 0.271. The largest absolute Gasteiger partial charge is 0.497 e. The summed E-state index contributed by atoms with van der Waals surface area (Å²) in [6, 6.07) is 13.7. The van der Waals surface area contributed by atoms with Gasteiger partial charge in [-0.3, -0.25) is 0 Å². The lowest BCUT2D eigenvalue weighted by molar-refractivity contribution is 0.174. The van der Waals surface area contributed by atoms with Crippen molar-refractivity contribution < 1.29 is 14.2 Å².